The molecule has 0 nitrogen and oxygen atoms in total. The largest absolute Gasteiger partial charge is 2.00 e. The number of rotatable bonds is 0. The van der Waals surface area contributed by atoms with Crippen LogP contribution in [0.1, 0.15) is 39.0 Å². The van der Waals surface area contributed by atoms with Crippen molar-refractivity contribution in [2.45, 2.75) is 39.0 Å². The van der Waals surface area contributed by atoms with E-state index < -0.39 is 0 Å². The molecule has 0 aromatic heterocycles. The second-order valence-electron chi connectivity index (χ2n) is 2.65. The summed E-state index contributed by atoms with van der Waals surface area (Å²) in [7, 11) is 0. The Kier molecular flexibility index (Phi) is 22.7. The minimum absolute atomic E-state index is 0. The standard InChI is InChI=1S/C6H11.C3H7.BrH.Mg/c1-6-4-2-3-5-6;1-3-2;;/h6H,1-5H2;1,3H2,2H3;1H;/q2*-1;;+2/p-1. The van der Waals surface area contributed by atoms with E-state index >= 15 is 0 Å². The predicted octanol–water partition coefficient (Wildman–Crippen LogP) is -0.136. The Hall–Kier alpha value is 1.25. The zero-order valence-electron chi connectivity index (χ0n) is 7.61. The van der Waals surface area contributed by atoms with E-state index in [1.807, 2.05) is 6.92 Å². The van der Waals surface area contributed by atoms with Crippen molar-refractivity contribution in [3.8, 4) is 0 Å². The molecule has 1 saturated carbocycles. The van der Waals surface area contributed by atoms with Crippen LogP contribution < -0.4 is 17.0 Å². The first-order valence-corrected chi connectivity index (χ1v) is 3.93. The molecule has 0 unspecified atom stereocenters. The van der Waals surface area contributed by atoms with E-state index in [0.29, 0.717) is 0 Å². The molecule has 1 fully saturated rings. The summed E-state index contributed by atoms with van der Waals surface area (Å²) in [4.78, 5) is 0. The summed E-state index contributed by atoms with van der Waals surface area (Å²) in [5.74, 6) is 0.796. The van der Waals surface area contributed by atoms with Crippen molar-refractivity contribution in [3.05, 3.63) is 13.8 Å². The van der Waals surface area contributed by atoms with Crippen molar-refractivity contribution in [3.63, 3.8) is 0 Å². The van der Waals surface area contributed by atoms with Crippen molar-refractivity contribution in [1.29, 1.82) is 0 Å². The van der Waals surface area contributed by atoms with E-state index in [1.165, 1.54) is 25.7 Å². The molecular formula is C9H18BrMg-. The van der Waals surface area contributed by atoms with Crippen LogP contribution in [0.15, 0.2) is 0 Å². The molecular weight excluding hydrogens is 212 g/mol. The molecule has 64 valence electrons. The third-order valence-corrected chi connectivity index (χ3v) is 1.47. The summed E-state index contributed by atoms with van der Waals surface area (Å²) in [6.07, 6.45) is 6.60. The Bertz CT molecular complexity index is 51.5. The van der Waals surface area contributed by atoms with Crippen molar-refractivity contribution in [2.75, 3.05) is 0 Å². The summed E-state index contributed by atoms with van der Waals surface area (Å²) < 4.78 is 0. The van der Waals surface area contributed by atoms with Gasteiger partial charge in [-0.3, -0.25) is 0 Å². The van der Waals surface area contributed by atoms with Gasteiger partial charge in [-0.15, -0.1) is 0 Å². The fraction of sp³-hybridized carbons (Fsp3) is 0.778. The first-order chi connectivity index (χ1) is 4.31. The average molecular weight is 230 g/mol. The number of hydrogen-bond donors (Lipinski definition) is 0. The topological polar surface area (TPSA) is 0 Å². The molecule has 0 bridgehead atoms. The average Bonchev–Trinajstić information content (AvgIpc) is 2.20. The predicted molar refractivity (Wildman–Crippen MR) is 48.7 cm³/mol. The van der Waals surface area contributed by atoms with Crippen LogP contribution in [-0.4, -0.2) is 23.1 Å². The fourth-order valence-electron chi connectivity index (χ4n) is 1.01. The Morgan fingerprint density at radius 1 is 1.27 bits per heavy atom. The summed E-state index contributed by atoms with van der Waals surface area (Å²) in [6.45, 7) is 9.44. The van der Waals surface area contributed by atoms with Gasteiger partial charge in [0.2, 0.25) is 0 Å². The molecule has 1 rings (SSSR count). The van der Waals surface area contributed by atoms with Gasteiger partial charge in [0, 0.05) is 0 Å². The maximum Gasteiger partial charge on any atom is 2.00 e. The molecule has 0 atom stereocenters. The molecule has 0 spiro atoms. The quantitative estimate of drug-likeness (QED) is 0.402. The Morgan fingerprint density at radius 2 is 1.55 bits per heavy atom. The van der Waals surface area contributed by atoms with Crippen LogP contribution in [0.4, 0.5) is 0 Å². The van der Waals surface area contributed by atoms with Crippen LogP contribution in [-0.2, 0) is 0 Å². The van der Waals surface area contributed by atoms with E-state index in [-0.39, 0.29) is 40.0 Å². The SMILES string of the molecule is [Br-].[CH2-]C1CCCC1.[CH2-]CC.[Mg+2]. The second-order valence-corrected chi connectivity index (χ2v) is 2.65. The van der Waals surface area contributed by atoms with Gasteiger partial charge in [0.1, 0.15) is 0 Å². The van der Waals surface area contributed by atoms with Gasteiger partial charge in [-0.25, -0.2) is 0 Å². The van der Waals surface area contributed by atoms with Crippen molar-refractivity contribution >= 4 is 23.1 Å². The maximum atomic E-state index is 3.94. The monoisotopic (exact) mass is 229 g/mol. The molecule has 0 aromatic rings. The molecule has 0 amide bonds. The van der Waals surface area contributed by atoms with Crippen LogP contribution in [0.2, 0.25) is 0 Å². The molecule has 0 aromatic carbocycles. The Morgan fingerprint density at radius 3 is 1.64 bits per heavy atom. The van der Waals surface area contributed by atoms with E-state index in [4.69, 9.17) is 0 Å². The minimum Gasteiger partial charge on any atom is -1.00 e. The van der Waals surface area contributed by atoms with Crippen LogP contribution >= 0.6 is 0 Å². The van der Waals surface area contributed by atoms with Gasteiger partial charge in [0.05, 0.1) is 0 Å². The Labute approximate surface area is 98.4 Å². The summed E-state index contributed by atoms with van der Waals surface area (Å²) in [5, 5.41) is 0. The van der Waals surface area contributed by atoms with E-state index in [9.17, 15) is 0 Å². The van der Waals surface area contributed by atoms with Crippen molar-refractivity contribution < 1.29 is 17.0 Å². The third-order valence-electron chi connectivity index (χ3n) is 1.47. The van der Waals surface area contributed by atoms with Crippen molar-refractivity contribution in [2.24, 2.45) is 5.92 Å². The van der Waals surface area contributed by atoms with E-state index in [1.54, 1.807) is 0 Å². The third kappa shape index (κ3) is 14.1. The molecule has 0 radical (unpaired) electrons. The van der Waals surface area contributed by atoms with Gasteiger partial charge in [-0.2, -0.15) is 12.3 Å². The molecule has 0 heterocycles. The zero-order valence-corrected chi connectivity index (χ0v) is 10.6. The zero-order chi connectivity index (χ0) is 7.11. The van der Waals surface area contributed by atoms with Gasteiger partial charge < -0.3 is 30.8 Å². The summed E-state index contributed by atoms with van der Waals surface area (Å²) >= 11 is 0. The number of halogens is 1. The van der Waals surface area contributed by atoms with Crippen LogP contribution in [0.3, 0.4) is 0 Å². The number of hydrogen-bond acceptors (Lipinski definition) is 0. The van der Waals surface area contributed by atoms with Gasteiger partial charge in [0.15, 0.2) is 0 Å². The molecule has 0 saturated heterocycles. The maximum absolute atomic E-state index is 3.94. The Balaban J connectivity index is -0.000000116. The van der Waals surface area contributed by atoms with Gasteiger partial charge >= 0.3 is 23.1 Å². The molecule has 0 N–H and O–H groups in total. The van der Waals surface area contributed by atoms with E-state index in [0.717, 1.165) is 12.3 Å². The van der Waals surface area contributed by atoms with Crippen LogP contribution in [0.5, 0.6) is 0 Å². The molecule has 1 aliphatic carbocycles. The first-order valence-electron chi connectivity index (χ1n) is 3.93. The van der Waals surface area contributed by atoms with E-state index in [2.05, 4.69) is 13.8 Å². The molecule has 1 aliphatic rings. The van der Waals surface area contributed by atoms with Crippen molar-refractivity contribution in [1.82, 2.24) is 0 Å². The van der Waals surface area contributed by atoms with Gasteiger partial charge in [0.25, 0.3) is 0 Å². The molecule has 2 heteroatoms. The van der Waals surface area contributed by atoms with Gasteiger partial charge in [-0.1, -0.05) is 32.6 Å². The summed E-state index contributed by atoms with van der Waals surface area (Å²) in [5.41, 5.74) is 0. The normalized spacial score (nSPS) is 15.5. The smallest absolute Gasteiger partial charge is 1.00 e. The first kappa shape index (κ1) is 18.1. The molecule has 11 heavy (non-hydrogen) atoms. The second kappa shape index (κ2) is 13.8. The molecule has 0 aliphatic heterocycles. The fourth-order valence-corrected chi connectivity index (χ4v) is 1.01. The van der Waals surface area contributed by atoms with Crippen LogP contribution in [0.25, 0.3) is 0 Å². The minimum atomic E-state index is 0. The van der Waals surface area contributed by atoms with Gasteiger partial charge in [-0.05, 0) is 0 Å². The van der Waals surface area contributed by atoms with Crippen LogP contribution in [0, 0.1) is 19.8 Å². The summed E-state index contributed by atoms with van der Waals surface area (Å²) in [6, 6.07) is 0.